The summed E-state index contributed by atoms with van der Waals surface area (Å²) in [5, 5.41) is 2.79. The number of carbonyl (C=O) groups is 1. The molecule has 3 aromatic rings. The van der Waals surface area contributed by atoms with Gasteiger partial charge in [0.1, 0.15) is 0 Å². The van der Waals surface area contributed by atoms with Gasteiger partial charge in [-0.2, -0.15) is 13.2 Å². The number of aromatic amines is 1. The minimum atomic E-state index is -4.50. The van der Waals surface area contributed by atoms with Gasteiger partial charge in [-0.05, 0) is 55.5 Å². The Morgan fingerprint density at radius 2 is 1.96 bits per heavy atom. The lowest BCUT2D eigenvalue weighted by atomic mass is 10.1. The number of nitrogens with zero attached hydrogens (tertiary/aromatic N) is 1. The summed E-state index contributed by atoms with van der Waals surface area (Å²) in [7, 11) is 0. The highest BCUT2D eigenvalue weighted by molar-refractivity contribution is 7.71. The Kier molecular flexibility index (Phi) is 4.88. The average molecular weight is 393 g/mol. The van der Waals surface area contributed by atoms with Crippen LogP contribution in [0.2, 0.25) is 0 Å². The van der Waals surface area contributed by atoms with Gasteiger partial charge in [-0.3, -0.25) is 14.2 Å². The Labute approximate surface area is 156 Å². The smallest absolute Gasteiger partial charge is 0.332 e. The molecule has 1 amide bonds. The predicted octanol–water partition coefficient (Wildman–Crippen LogP) is 4.35. The Balaban J connectivity index is 1.95. The first-order valence-corrected chi connectivity index (χ1v) is 8.37. The number of H-pyrrole nitrogens is 1. The third kappa shape index (κ3) is 3.77. The van der Waals surface area contributed by atoms with Crippen molar-refractivity contribution in [3.05, 3.63) is 68.7 Å². The van der Waals surface area contributed by atoms with Crippen molar-refractivity contribution in [2.24, 2.45) is 0 Å². The van der Waals surface area contributed by atoms with Gasteiger partial charge in [0.15, 0.2) is 4.77 Å². The summed E-state index contributed by atoms with van der Waals surface area (Å²) in [5.74, 6) is -0.602. The molecule has 1 aromatic heterocycles. The molecule has 0 saturated carbocycles. The molecule has 0 spiro atoms. The molecule has 0 aliphatic carbocycles. The summed E-state index contributed by atoms with van der Waals surface area (Å²) in [6, 6.07) is 8.71. The number of alkyl halides is 3. The van der Waals surface area contributed by atoms with Gasteiger partial charge in [-0.15, -0.1) is 0 Å². The Morgan fingerprint density at radius 1 is 1.22 bits per heavy atom. The van der Waals surface area contributed by atoms with E-state index in [1.165, 1.54) is 34.9 Å². The average Bonchev–Trinajstić information content (AvgIpc) is 2.61. The highest BCUT2D eigenvalue weighted by Crippen LogP contribution is 2.30. The number of amides is 1. The fourth-order valence-corrected chi connectivity index (χ4v) is 2.98. The largest absolute Gasteiger partial charge is 0.416 e. The second-order valence-electron chi connectivity index (χ2n) is 5.77. The van der Waals surface area contributed by atoms with Crippen LogP contribution in [0.3, 0.4) is 0 Å². The van der Waals surface area contributed by atoms with Crippen LogP contribution in [0.4, 0.5) is 18.9 Å². The van der Waals surface area contributed by atoms with Crippen molar-refractivity contribution in [3.63, 3.8) is 0 Å². The minimum absolute atomic E-state index is 0.0178. The lowest BCUT2D eigenvalue weighted by molar-refractivity contribution is -0.137. The van der Waals surface area contributed by atoms with E-state index in [2.05, 4.69) is 10.3 Å². The number of halogens is 3. The van der Waals surface area contributed by atoms with Gasteiger partial charge < -0.3 is 10.3 Å². The summed E-state index contributed by atoms with van der Waals surface area (Å²) in [5.41, 5.74) is -0.557. The molecule has 140 valence electrons. The van der Waals surface area contributed by atoms with E-state index in [0.717, 1.165) is 12.1 Å². The molecule has 2 aromatic carbocycles. The van der Waals surface area contributed by atoms with Gasteiger partial charge in [0.2, 0.25) is 0 Å². The number of fused-ring (bicyclic) bond motifs is 1. The van der Waals surface area contributed by atoms with Crippen LogP contribution >= 0.6 is 12.2 Å². The first-order chi connectivity index (χ1) is 12.7. The molecule has 0 fully saturated rings. The normalized spacial score (nSPS) is 11.6. The number of hydrogen-bond acceptors (Lipinski definition) is 3. The molecular weight excluding hydrogens is 379 g/mol. The second-order valence-corrected chi connectivity index (χ2v) is 6.16. The number of aromatic nitrogens is 2. The number of benzene rings is 2. The van der Waals surface area contributed by atoms with Crippen LogP contribution in [0.25, 0.3) is 10.9 Å². The fourth-order valence-electron chi connectivity index (χ4n) is 2.66. The Bertz CT molecular complexity index is 1150. The highest BCUT2D eigenvalue weighted by Gasteiger charge is 2.30. The molecule has 0 bridgehead atoms. The van der Waals surface area contributed by atoms with E-state index in [-0.39, 0.29) is 21.6 Å². The van der Waals surface area contributed by atoms with Crippen molar-refractivity contribution in [3.8, 4) is 0 Å². The molecule has 3 rings (SSSR count). The van der Waals surface area contributed by atoms with Gasteiger partial charge in [-0.25, -0.2) is 0 Å². The van der Waals surface area contributed by atoms with Gasteiger partial charge in [0.05, 0.1) is 16.5 Å². The first-order valence-electron chi connectivity index (χ1n) is 7.96. The van der Waals surface area contributed by atoms with Crippen LogP contribution < -0.4 is 10.9 Å². The van der Waals surface area contributed by atoms with Gasteiger partial charge in [-0.1, -0.05) is 6.07 Å². The van der Waals surface area contributed by atoms with Crippen LogP contribution in [-0.2, 0) is 12.7 Å². The quantitative estimate of drug-likeness (QED) is 0.650. The topological polar surface area (TPSA) is 66.9 Å². The summed E-state index contributed by atoms with van der Waals surface area (Å²) in [6.45, 7) is 2.19. The minimum Gasteiger partial charge on any atom is -0.332 e. The van der Waals surface area contributed by atoms with Crippen molar-refractivity contribution in [2.45, 2.75) is 19.6 Å². The number of rotatable bonds is 3. The maximum Gasteiger partial charge on any atom is 0.416 e. The van der Waals surface area contributed by atoms with Crippen molar-refractivity contribution >= 4 is 34.7 Å². The molecule has 0 saturated heterocycles. The summed E-state index contributed by atoms with van der Waals surface area (Å²) < 4.78 is 40.0. The fraction of sp³-hybridized carbons (Fsp3) is 0.167. The Morgan fingerprint density at radius 3 is 2.63 bits per heavy atom. The van der Waals surface area contributed by atoms with Gasteiger partial charge >= 0.3 is 6.18 Å². The van der Waals surface area contributed by atoms with Crippen LogP contribution in [-0.4, -0.2) is 15.5 Å². The van der Waals surface area contributed by atoms with E-state index in [9.17, 15) is 22.8 Å². The molecule has 0 radical (unpaired) electrons. The van der Waals surface area contributed by atoms with Crippen molar-refractivity contribution in [1.29, 1.82) is 0 Å². The number of anilines is 1. The van der Waals surface area contributed by atoms with E-state index in [0.29, 0.717) is 17.4 Å². The maximum atomic E-state index is 12.8. The number of hydrogen-bond donors (Lipinski definition) is 2. The standard InChI is InChI=1S/C18H14F3N3O2S/c1-2-24-16(26)13-7-6-10(8-14(13)23-17(24)27)15(25)22-12-5-3-4-11(9-12)18(19,20)21/h3-9H,2H2,1H3,(H,22,25)(H,23,27). The van der Waals surface area contributed by atoms with Crippen LogP contribution in [0.15, 0.2) is 47.3 Å². The zero-order valence-electron chi connectivity index (χ0n) is 14.1. The predicted molar refractivity (Wildman–Crippen MR) is 98.5 cm³/mol. The maximum absolute atomic E-state index is 12.8. The molecule has 0 aliphatic rings. The van der Waals surface area contributed by atoms with E-state index in [1.807, 2.05) is 0 Å². The van der Waals surface area contributed by atoms with Gasteiger partial charge in [0, 0.05) is 17.8 Å². The lowest BCUT2D eigenvalue weighted by Gasteiger charge is -2.10. The summed E-state index contributed by atoms with van der Waals surface area (Å²) >= 11 is 5.13. The molecule has 2 N–H and O–H groups in total. The molecule has 5 nitrogen and oxygen atoms in total. The zero-order chi connectivity index (χ0) is 19.8. The molecule has 0 unspecified atom stereocenters. The van der Waals surface area contributed by atoms with Crippen molar-refractivity contribution in [1.82, 2.24) is 9.55 Å². The monoisotopic (exact) mass is 393 g/mol. The van der Waals surface area contributed by atoms with Gasteiger partial charge in [0.25, 0.3) is 11.5 Å². The zero-order valence-corrected chi connectivity index (χ0v) is 14.9. The van der Waals surface area contributed by atoms with Crippen LogP contribution in [0.5, 0.6) is 0 Å². The molecule has 9 heteroatoms. The van der Waals surface area contributed by atoms with Crippen molar-refractivity contribution in [2.75, 3.05) is 5.32 Å². The lowest BCUT2D eigenvalue weighted by Crippen LogP contribution is -2.21. The summed E-state index contributed by atoms with van der Waals surface area (Å²) in [4.78, 5) is 27.6. The highest BCUT2D eigenvalue weighted by atomic mass is 32.1. The van der Waals surface area contributed by atoms with E-state index < -0.39 is 17.6 Å². The molecule has 0 atom stereocenters. The molecule has 0 aliphatic heterocycles. The van der Waals surface area contributed by atoms with E-state index in [4.69, 9.17) is 12.2 Å². The van der Waals surface area contributed by atoms with E-state index in [1.54, 1.807) is 6.92 Å². The first kappa shape index (κ1) is 18.8. The van der Waals surface area contributed by atoms with E-state index >= 15 is 0 Å². The van der Waals surface area contributed by atoms with Crippen LogP contribution in [0, 0.1) is 4.77 Å². The number of nitrogens with one attached hydrogen (secondary N) is 2. The second kappa shape index (κ2) is 6.99. The van der Waals surface area contributed by atoms with Crippen molar-refractivity contribution < 1.29 is 18.0 Å². The summed E-state index contributed by atoms with van der Waals surface area (Å²) in [6.07, 6.45) is -4.50. The molecule has 27 heavy (non-hydrogen) atoms. The molecule has 1 heterocycles. The Hall–Kier alpha value is -2.94. The third-order valence-corrected chi connectivity index (χ3v) is 4.33. The number of carbonyl (C=O) groups excluding carboxylic acids is 1. The van der Waals surface area contributed by atoms with Crippen LogP contribution in [0.1, 0.15) is 22.8 Å². The third-order valence-electron chi connectivity index (χ3n) is 4.01. The SMILES string of the molecule is CCn1c(=S)[nH]c2cc(C(=O)Nc3cccc(C(F)(F)F)c3)ccc2c1=O. The molecular formula is C18H14F3N3O2S.